The van der Waals surface area contributed by atoms with Crippen LogP contribution in [0.25, 0.3) is 5.69 Å². The lowest BCUT2D eigenvalue weighted by atomic mass is 10.1. The topological polar surface area (TPSA) is 48.5 Å². The Kier molecular flexibility index (Phi) is 5.64. The van der Waals surface area contributed by atoms with Crippen LogP contribution >= 0.6 is 11.8 Å². The summed E-state index contributed by atoms with van der Waals surface area (Å²) in [4.78, 5) is 13.7. The van der Waals surface area contributed by atoms with E-state index in [2.05, 4.69) is 55.9 Å². The lowest BCUT2D eigenvalue weighted by Crippen LogP contribution is -2.13. The van der Waals surface area contributed by atoms with Crippen LogP contribution in [0, 0.1) is 0 Å². The molecule has 0 N–H and O–H groups in total. The molecule has 3 heterocycles. The molecular formula is C21H21N5S. The fraction of sp³-hybridized carbons (Fsp3) is 0.190. The van der Waals surface area contributed by atoms with Crippen LogP contribution in [0.1, 0.15) is 12.0 Å². The van der Waals surface area contributed by atoms with Crippen molar-refractivity contribution in [1.29, 1.82) is 0 Å². The number of pyridine rings is 1. The van der Waals surface area contributed by atoms with Crippen molar-refractivity contribution < 1.29 is 0 Å². The van der Waals surface area contributed by atoms with E-state index < -0.39 is 0 Å². The van der Waals surface area contributed by atoms with Crippen LogP contribution in [0.4, 0.5) is 0 Å². The number of benzene rings is 1. The monoisotopic (exact) mass is 375 g/mol. The molecule has 136 valence electrons. The summed E-state index contributed by atoms with van der Waals surface area (Å²) in [7, 11) is 0. The molecule has 3 aromatic heterocycles. The van der Waals surface area contributed by atoms with Gasteiger partial charge in [-0.25, -0.2) is 9.97 Å². The average Bonchev–Trinajstić information content (AvgIpc) is 3.42. The minimum Gasteiger partial charge on any atom is -0.336 e. The summed E-state index contributed by atoms with van der Waals surface area (Å²) in [6.45, 7) is 0.943. The Labute approximate surface area is 163 Å². The quantitative estimate of drug-likeness (QED) is 0.432. The molecule has 0 spiro atoms. The van der Waals surface area contributed by atoms with Gasteiger partial charge in [0, 0.05) is 59.6 Å². The van der Waals surface area contributed by atoms with Crippen molar-refractivity contribution >= 4 is 11.8 Å². The van der Waals surface area contributed by atoms with Gasteiger partial charge in [0.1, 0.15) is 0 Å². The Hall–Kier alpha value is -2.86. The normalized spacial score (nSPS) is 12.1. The van der Waals surface area contributed by atoms with Gasteiger partial charge < -0.3 is 9.13 Å². The number of rotatable bonds is 8. The first-order chi connectivity index (χ1) is 13.4. The zero-order chi connectivity index (χ0) is 18.3. The summed E-state index contributed by atoms with van der Waals surface area (Å²) >= 11 is 1.92. The minimum atomic E-state index is 0.464. The van der Waals surface area contributed by atoms with Crippen molar-refractivity contribution in [2.24, 2.45) is 0 Å². The van der Waals surface area contributed by atoms with Gasteiger partial charge in [-0.05, 0) is 54.8 Å². The number of hydrogen-bond donors (Lipinski definition) is 0. The zero-order valence-electron chi connectivity index (χ0n) is 14.9. The second-order valence-corrected chi connectivity index (χ2v) is 7.73. The molecule has 1 unspecified atom stereocenters. The molecule has 1 aromatic carbocycles. The van der Waals surface area contributed by atoms with E-state index in [0.717, 1.165) is 25.1 Å². The first-order valence-electron chi connectivity index (χ1n) is 8.96. The van der Waals surface area contributed by atoms with E-state index in [4.69, 9.17) is 0 Å². The molecule has 0 saturated heterocycles. The minimum absolute atomic E-state index is 0.464. The number of aryl methyl sites for hydroxylation is 1. The van der Waals surface area contributed by atoms with Crippen molar-refractivity contribution in [2.75, 3.05) is 0 Å². The summed E-state index contributed by atoms with van der Waals surface area (Å²) in [5, 5.41) is 0.464. The van der Waals surface area contributed by atoms with Crippen molar-refractivity contribution in [3.8, 4) is 5.69 Å². The lowest BCUT2D eigenvalue weighted by molar-refractivity contribution is 0.624. The maximum atomic E-state index is 4.18. The molecule has 4 rings (SSSR count). The average molecular weight is 376 g/mol. The second kappa shape index (κ2) is 8.68. The van der Waals surface area contributed by atoms with Crippen LogP contribution in [-0.2, 0) is 13.0 Å². The Bertz CT molecular complexity index is 919. The summed E-state index contributed by atoms with van der Waals surface area (Å²) in [6, 6.07) is 12.8. The summed E-state index contributed by atoms with van der Waals surface area (Å²) in [5.41, 5.74) is 2.46. The van der Waals surface area contributed by atoms with E-state index in [1.54, 1.807) is 6.20 Å². The number of nitrogens with zero attached hydrogens (tertiary/aromatic N) is 5. The molecule has 0 bridgehead atoms. The fourth-order valence-corrected chi connectivity index (χ4v) is 4.16. The molecule has 0 radical (unpaired) electrons. The molecule has 0 aliphatic heterocycles. The first kappa shape index (κ1) is 17.5. The Morgan fingerprint density at radius 3 is 2.30 bits per heavy atom. The highest BCUT2D eigenvalue weighted by Gasteiger charge is 2.12. The van der Waals surface area contributed by atoms with Gasteiger partial charge in [-0.15, -0.1) is 11.8 Å². The van der Waals surface area contributed by atoms with Crippen molar-refractivity contribution in [1.82, 2.24) is 24.1 Å². The van der Waals surface area contributed by atoms with Crippen molar-refractivity contribution in [3.05, 3.63) is 91.8 Å². The number of imidazole rings is 2. The first-order valence-corrected chi connectivity index (χ1v) is 9.84. The second-order valence-electron chi connectivity index (χ2n) is 6.36. The van der Waals surface area contributed by atoms with Gasteiger partial charge in [0.15, 0.2) is 0 Å². The highest BCUT2D eigenvalue weighted by Crippen LogP contribution is 2.28. The molecule has 0 fully saturated rings. The standard InChI is InChI=1S/C21H21N5S/c1(18-7-9-22-10-8-18)4-21(15-25-13-11-23-16-25)27-20-5-2-19(3-6-20)26-14-12-24-17-26/h2-3,5-14,16-17,21H,1,4,15H2. The highest BCUT2D eigenvalue weighted by atomic mass is 32.2. The largest absolute Gasteiger partial charge is 0.336 e. The van der Waals surface area contributed by atoms with E-state index in [1.807, 2.05) is 60.0 Å². The Morgan fingerprint density at radius 1 is 0.815 bits per heavy atom. The summed E-state index contributed by atoms with van der Waals surface area (Å²) in [5.74, 6) is 0. The third-order valence-corrected chi connectivity index (χ3v) is 5.68. The predicted molar refractivity (Wildman–Crippen MR) is 108 cm³/mol. The van der Waals surface area contributed by atoms with Crippen LogP contribution < -0.4 is 0 Å². The smallest absolute Gasteiger partial charge is 0.0991 e. The van der Waals surface area contributed by atoms with Crippen LogP contribution in [-0.4, -0.2) is 29.3 Å². The van der Waals surface area contributed by atoms with E-state index in [0.29, 0.717) is 5.25 Å². The van der Waals surface area contributed by atoms with Gasteiger partial charge in [-0.2, -0.15) is 0 Å². The molecule has 0 aliphatic carbocycles. The van der Waals surface area contributed by atoms with Gasteiger partial charge >= 0.3 is 0 Å². The van der Waals surface area contributed by atoms with Crippen LogP contribution in [0.5, 0.6) is 0 Å². The lowest BCUT2D eigenvalue weighted by Gasteiger charge is -2.17. The van der Waals surface area contributed by atoms with Crippen LogP contribution in [0.2, 0.25) is 0 Å². The molecule has 0 aliphatic rings. The third-order valence-electron chi connectivity index (χ3n) is 4.42. The molecule has 6 heteroatoms. The van der Waals surface area contributed by atoms with Crippen molar-refractivity contribution in [3.63, 3.8) is 0 Å². The number of thioether (sulfide) groups is 1. The van der Waals surface area contributed by atoms with Gasteiger partial charge in [0.05, 0.1) is 12.7 Å². The van der Waals surface area contributed by atoms with Crippen molar-refractivity contribution in [2.45, 2.75) is 29.5 Å². The molecule has 27 heavy (non-hydrogen) atoms. The molecule has 0 amide bonds. The maximum absolute atomic E-state index is 4.18. The molecule has 1 atom stereocenters. The zero-order valence-corrected chi connectivity index (χ0v) is 15.7. The Balaban J connectivity index is 1.44. The molecular weight excluding hydrogens is 354 g/mol. The summed E-state index contributed by atoms with van der Waals surface area (Å²) in [6.07, 6.45) is 17.2. The summed E-state index contributed by atoms with van der Waals surface area (Å²) < 4.78 is 4.17. The number of aromatic nitrogens is 5. The fourth-order valence-electron chi connectivity index (χ4n) is 3.00. The number of hydrogen-bond acceptors (Lipinski definition) is 4. The van der Waals surface area contributed by atoms with Gasteiger partial charge in [-0.3, -0.25) is 4.98 Å². The van der Waals surface area contributed by atoms with E-state index in [9.17, 15) is 0 Å². The van der Waals surface area contributed by atoms with Crippen LogP contribution in [0.3, 0.4) is 0 Å². The SMILES string of the molecule is c1cc(CCC(Cn2ccnc2)Sc2ccc(-n3ccnc3)cc2)ccn1. The predicted octanol–water partition coefficient (Wildman–Crippen LogP) is 4.26. The van der Waals surface area contributed by atoms with Gasteiger partial charge in [-0.1, -0.05) is 0 Å². The van der Waals surface area contributed by atoms with E-state index in [1.165, 1.54) is 10.5 Å². The molecule has 0 saturated carbocycles. The third kappa shape index (κ3) is 4.86. The van der Waals surface area contributed by atoms with Gasteiger partial charge in [0.2, 0.25) is 0 Å². The van der Waals surface area contributed by atoms with E-state index >= 15 is 0 Å². The Morgan fingerprint density at radius 2 is 1.59 bits per heavy atom. The highest BCUT2D eigenvalue weighted by molar-refractivity contribution is 8.00. The van der Waals surface area contributed by atoms with Crippen LogP contribution in [0.15, 0.2) is 91.1 Å². The maximum Gasteiger partial charge on any atom is 0.0991 e. The van der Waals surface area contributed by atoms with Gasteiger partial charge in [0.25, 0.3) is 0 Å². The molecule has 4 aromatic rings. The van der Waals surface area contributed by atoms with E-state index in [-0.39, 0.29) is 0 Å². The molecule has 5 nitrogen and oxygen atoms in total.